The van der Waals surface area contributed by atoms with Gasteiger partial charge in [-0.3, -0.25) is 19.4 Å². The number of amides is 3. The van der Waals surface area contributed by atoms with Crippen LogP contribution < -0.4 is 43.2 Å². The molecule has 1 heterocycles. The number of allylic oxidation sites excluding steroid dienone is 3. The topological polar surface area (TPSA) is 202 Å². The van der Waals surface area contributed by atoms with Crippen molar-refractivity contribution in [2.45, 2.75) is 12.8 Å². The monoisotopic (exact) mass is 577 g/mol. The number of dihydropyridines is 1. The van der Waals surface area contributed by atoms with Gasteiger partial charge in [-0.2, -0.15) is 0 Å². The van der Waals surface area contributed by atoms with Crippen molar-refractivity contribution in [3.63, 3.8) is 0 Å². The fourth-order valence-electron chi connectivity index (χ4n) is 4.15. The summed E-state index contributed by atoms with van der Waals surface area (Å²) in [6.07, 6.45) is 9.60. The minimum absolute atomic E-state index is 0.0407. The molecule has 1 aromatic rings. The molecule has 0 atom stereocenters. The molecule has 1 fully saturated rings. The van der Waals surface area contributed by atoms with Crippen molar-refractivity contribution in [2.24, 2.45) is 28.1 Å². The summed E-state index contributed by atoms with van der Waals surface area (Å²) in [5, 5.41) is 11.4. The van der Waals surface area contributed by atoms with Gasteiger partial charge in [-0.25, -0.2) is 0 Å². The molecular formula is C29H39N9O4. The lowest BCUT2D eigenvalue weighted by Crippen LogP contribution is -2.36. The van der Waals surface area contributed by atoms with Crippen molar-refractivity contribution in [2.75, 3.05) is 46.7 Å². The van der Waals surface area contributed by atoms with E-state index in [-0.39, 0.29) is 34.9 Å². The Bertz CT molecular complexity index is 1400. The normalized spacial score (nSPS) is 16.0. The highest BCUT2D eigenvalue weighted by molar-refractivity contribution is 5.96. The fraction of sp³-hybridized carbons (Fsp3) is 0.310. The summed E-state index contributed by atoms with van der Waals surface area (Å²) < 4.78 is 5.75. The Morgan fingerprint density at radius 1 is 1.21 bits per heavy atom. The van der Waals surface area contributed by atoms with Crippen LogP contribution in [0.2, 0.25) is 0 Å². The van der Waals surface area contributed by atoms with Crippen LogP contribution in [0, 0.1) is 5.92 Å². The molecule has 1 aromatic carbocycles. The summed E-state index contributed by atoms with van der Waals surface area (Å²) in [5.41, 5.74) is 21.1. The molecule has 1 aliphatic heterocycles. The minimum Gasteiger partial charge on any atom is -0.494 e. The second kappa shape index (κ2) is 14.4. The van der Waals surface area contributed by atoms with Crippen LogP contribution in [0.25, 0.3) is 5.57 Å². The first-order chi connectivity index (χ1) is 20.1. The number of likely N-dealkylation sites (N-methyl/N-ethyl adjacent to an activating group) is 2. The van der Waals surface area contributed by atoms with Crippen LogP contribution in [0.1, 0.15) is 18.4 Å². The first-order valence-electron chi connectivity index (χ1n) is 13.3. The predicted molar refractivity (Wildman–Crippen MR) is 163 cm³/mol. The lowest BCUT2D eigenvalue weighted by molar-refractivity contribution is -0.126. The van der Waals surface area contributed by atoms with E-state index < -0.39 is 5.91 Å². The molecular weight excluding hydrogens is 538 g/mol. The van der Waals surface area contributed by atoms with Crippen molar-refractivity contribution in [3.8, 4) is 5.75 Å². The van der Waals surface area contributed by atoms with Crippen LogP contribution in [-0.4, -0.2) is 70.2 Å². The number of rotatable bonds is 12. The van der Waals surface area contributed by atoms with Crippen LogP contribution in [0.4, 0.5) is 5.69 Å². The number of para-hydroxylation sites is 1. The van der Waals surface area contributed by atoms with Crippen LogP contribution in [-0.2, 0) is 14.4 Å². The molecule has 3 rings (SSSR count). The molecule has 1 saturated carbocycles. The molecule has 10 N–H and O–H groups in total. The van der Waals surface area contributed by atoms with Crippen LogP contribution in [0.15, 0.2) is 76.1 Å². The van der Waals surface area contributed by atoms with Gasteiger partial charge >= 0.3 is 0 Å². The van der Waals surface area contributed by atoms with Crippen molar-refractivity contribution in [3.05, 3.63) is 76.7 Å². The van der Waals surface area contributed by atoms with Gasteiger partial charge in [0.2, 0.25) is 5.91 Å². The number of carbonyl (C=O) groups excluding carboxylic acids is 3. The maximum atomic E-state index is 13.0. The van der Waals surface area contributed by atoms with Crippen LogP contribution in [0.5, 0.6) is 5.75 Å². The standard InChI is InChI=1S/C29H39N9O4/c1-33-14-17(13-30)16-38(3)29(41)22-11-10-19(15-35-22)20-6-5-7-21(26(20)42-4)36-23(25(32)28(40)34-2)12-24(31)37-27(39)18-8-9-18/h5-7,10-14,18,35-36H,8-9,15-16,30-32H2,1-4H3,(H,34,40)(H,37,39)/b17-13+,24-12+,25-23+,33-14?. The van der Waals surface area contributed by atoms with Gasteiger partial charge in [0.15, 0.2) is 0 Å². The molecule has 0 spiro atoms. The van der Waals surface area contributed by atoms with Gasteiger partial charge in [-0.05, 0) is 30.6 Å². The van der Waals surface area contributed by atoms with E-state index in [0.717, 1.165) is 24.0 Å². The van der Waals surface area contributed by atoms with Gasteiger partial charge in [0.1, 0.15) is 23.0 Å². The molecule has 0 bridgehead atoms. The number of aliphatic imine (C=N–C) groups is 1. The fourth-order valence-corrected chi connectivity index (χ4v) is 4.15. The van der Waals surface area contributed by atoms with Crippen molar-refractivity contribution in [1.82, 2.24) is 20.9 Å². The number of nitrogens with two attached hydrogens (primary N) is 3. The molecule has 3 amide bonds. The number of methoxy groups -OCH3 is 1. The Morgan fingerprint density at radius 3 is 2.52 bits per heavy atom. The molecule has 1 aliphatic carbocycles. The molecule has 13 nitrogen and oxygen atoms in total. The number of hydrogen-bond acceptors (Lipinski definition) is 10. The van der Waals surface area contributed by atoms with Crippen LogP contribution in [0.3, 0.4) is 0 Å². The number of nitrogens with one attached hydrogen (secondary N) is 4. The zero-order chi connectivity index (χ0) is 30.8. The van der Waals surface area contributed by atoms with Gasteiger partial charge in [0.25, 0.3) is 11.8 Å². The zero-order valence-corrected chi connectivity index (χ0v) is 24.3. The number of carbonyl (C=O) groups is 3. The Hall–Kier alpha value is -5.20. The predicted octanol–water partition coefficient (Wildman–Crippen LogP) is 0.222. The summed E-state index contributed by atoms with van der Waals surface area (Å²) in [5.74, 6) is -0.454. The molecule has 0 saturated heterocycles. The number of anilines is 1. The molecule has 0 aromatic heterocycles. The van der Waals surface area contributed by atoms with E-state index in [4.69, 9.17) is 21.9 Å². The van der Waals surface area contributed by atoms with Gasteiger partial charge in [-0.1, -0.05) is 18.2 Å². The molecule has 224 valence electrons. The minimum atomic E-state index is -0.535. The third kappa shape index (κ3) is 7.93. The van der Waals surface area contributed by atoms with Gasteiger partial charge in [0, 0.05) is 69.8 Å². The Morgan fingerprint density at radius 2 is 1.95 bits per heavy atom. The maximum absolute atomic E-state index is 13.0. The molecule has 2 aliphatic rings. The van der Waals surface area contributed by atoms with Crippen LogP contribution >= 0.6 is 0 Å². The summed E-state index contributed by atoms with van der Waals surface area (Å²) >= 11 is 0. The van der Waals surface area contributed by atoms with Crippen molar-refractivity contribution in [1.29, 1.82) is 0 Å². The SMILES string of the molecule is CN=C/C(=C\N)CN(C)C(=O)C1=CC=C(c2cccc(NC(/C=C(\N)NC(=O)C3CC3)=C(/N)C(=O)NC)c2OC)CN1. The number of ether oxygens (including phenoxy) is 1. The molecule has 0 unspecified atom stereocenters. The average Bonchev–Trinajstić information content (AvgIpc) is 3.85. The highest BCUT2D eigenvalue weighted by Crippen LogP contribution is 2.35. The average molecular weight is 578 g/mol. The third-order valence-electron chi connectivity index (χ3n) is 6.54. The van der Waals surface area contributed by atoms with E-state index >= 15 is 0 Å². The van der Waals surface area contributed by atoms with Gasteiger partial charge in [0.05, 0.1) is 18.5 Å². The molecule has 0 radical (unpaired) electrons. The summed E-state index contributed by atoms with van der Waals surface area (Å²) in [6.45, 7) is 0.659. The lowest BCUT2D eigenvalue weighted by Gasteiger charge is -2.24. The van der Waals surface area contributed by atoms with Gasteiger partial charge < -0.3 is 48.1 Å². The lowest BCUT2D eigenvalue weighted by atomic mass is 10.0. The van der Waals surface area contributed by atoms with E-state index in [1.165, 1.54) is 26.4 Å². The summed E-state index contributed by atoms with van der Waals surface area (Å²) in [7, 11) is 6.30. The second-order valence-electron chi connectivity index (χ2n) is 9.70. The number of nitrogens with zero attached hydrogens (tertiary/aromatic N) is 2. The van der Waals surface area contributed by atoms with Crippen molar-refractivity contribution < 1.29 is 19.1 Å². The van der Waals surface area contributed by atoms with E-state index in [1.54, 1.807) is 37.4 Å². The second-order valence-corrected chi connectivity index (χ2v) is 9.70. The van der Waals surface area contributed by atoms with Crippen molar-refractivity contribution >= 4 is 35.2 Å². The summed E-state index contributed by atoms with van der Waals surface area (Å²) in [4.78, 5) is 43.0. The number of benzene rings is 1. The van der Waals surface area contributed by atoms with Gasteiger partial charge in [-0.15, -0.1) is 0 Å². The smallest absolute Gasteiger partial charge is 0.269 e. The molecule has 13 heteroatoms. The first kappa shape index (κ1) is 31.3. The Balaban J connectivity index is 1.88. The Labute approximate surface area is 245 Å². The quantitative estimate of drug-likeness (QED) is 0.103. The third-order valence-corrected chi connectivity index (χ3v) is 6.54. The first-order valence-corrected chi connectivity index (χ1v) is 13.3. The molecule has 42 heavy (non-hydrogen) atoms. The highest BCUT2D eigenvalue weighted by atomic mass is 16.5. The van der Waals surface area contributed by atoms with E-state index in [9.17, 15) is 14.4 Å². The Kier molecular flexibility index (Phi) is 10.8. The maximum Gasteiger partial charge on any atom is 0.269 e. The van der Waals surface area contributed by atoms with E-state index in [0.29, 0.717) is 35.8 Å². The van der Waals surface area contributed by atoms with E-state index in [1.807, 2.05) is 18.2 Å². The largest absolute Gasteiger partial charge is 0.494 e. The highest BCUT2D eigenvalue weighted by Gasteiger charge is 2.30. The van der Waals surface area contributed by atoms with E-state index in [2.05, 4.69) is 26.3 Å². The number of hydrogen-bond donors (Lipinski definition) is 7. The summed E-state index contributed by atoms with van der Waals surface area (Å²) in [6, 6.07) is 5.44. The zero-order valence-electron chi connectivity index (χ0n) is 24.3.